The summed E-state index contributed by atoms with van der Waals surface area (Å²) in [4.78, 5) is 27.2. The fourth-order valence-electron chi connectivity index (χ4n) is 3.45. The monoisotopic (exact) mass is 431 g/mol. The highest BCUT2D eigenvalue weighted by atomic mass is 19.1. The highest BCUT2D eigenvalue weighted by Crippen LogP contribution is 2.36. The molecule has 0 fully saturated rings. The lowest BCUT2D eigenvalue weighted by Gasteiger charge is -2.15. The molecule has 2 aromatic carbocycles. The molecule has 2 heterocycles. The van der Waals surface area contributed by atoms with E-state index in [1.807, 2.05) is 24.3 Å². The van der Waals surface area contributed by atoms with Crippen molar-refractivity contribution in [3.05, 3.63) is 66.2 Å². The molecule has 32 heavy (non-hydrogen) atoms. The maximum atomic E-state index is 14.3. The molecule has 0 bridgehead atoms. The minimum atomic E-state index is -0.569. The Morgan fingerprint density at radius 3 is 2.53 bits per heavy atom. The fourth-order valence-corrected chi connectivity index (χ4v) is 3.45. The van der Waals surface area contributed by atoms with Crippen molar-refractivity contribution in [1.82, 2.24) is 19.9 Å². The molecule has 0 saturated carbocycles. The first-order valence-electron chi connectivity index (χ1n) is 9.92. The number of ether oxygens (including phenoxy) is 1. The number of aromatic nitrogens is 3. The van der Waals surface area contributed by atoms with Crippen LogP contribution in [-0.2, 0) is 0 Å². The van der Waals surface area contributed by atoms with E-state index in [0.717, 1.165) is 16.5 Å². The molecule has 0 aliphatic heterocycles. The molecule has 4 rings (SSSR count). The van der Waals surface area contributed by atoms with Crippen LogP contribution in [0.4, 0.5) is 10.2 Å². The maximum absolute atomic E-state index is 14.3. The van der Waals surface area contributed by atoms with Crippen LogP contribution in [0.5, 0.6) is 5.75 Å². The molecule has 1 N–H and O–H groups in total. The van der Waals surface area contributed by atoms with E-state index in [1.165, 1.54) is 11.0 Å². The van der Waals surface area contributed by atoms with Gasteiger partial charge in [0.05, 0.1) is 12.7 Å². The van der Waals surface area contributed by atoms with Gasteiger partial charge in [-0.15, -0.1) is 0 Å². The van der Waals surface area contributed by atoms with Crippen molar-refractivity contribution >= 4 is 22.6 Å². The molecule has 0 aliphatic carbocycles. The van der Waals surface area contributed by atoms with Gasteiger partial charge >= 0.3 is 0 Å². The van der Waals surface area contributed by atoms with Crippen molar-refractivity contribution in [3.8, 4) is 28.3 Å². The van der Waals surface area contributed by atoms with Gasteiger partial charge < -0.3 is 15.0 Å². The van der Waals surface area contributed by atoms with Crippen LogP contribution in [0.15, 0.2) is 54.9 Å². The van der Waals surface area contributed by atoms with Crippen molar-refractivity contribution < 1.29 is 13.9 Å². The van der Waals surface area contributed by atoms with E-state index in [-0.39, 0.29) is 5.56 Å². The van der Waals surface area contributed by atoms with Gasteiger partial charge in [0.1, 0.15) is 22.9 Å². The number of anilines is 1. The van der Waals surface area contributed by atoms with Gasteiger partial charge in [-0.3, -0.25) is 9.78 Å². The van der Waals surface area contributed by atoms with E-state index in [4.69, 9.17) is 9.72 Å². The summed E-state index contributed by atoms with van der Waals surface area (Å²) in [6.45, 7) is 0. The summed E-state index contributed by atoms with van der Waals surface area (Å²) in [6.07, 6.45) is 3.39. The summed E-state index contributed by atoms with van der Waals surface area (Å²) >= 11 is 0. The highest BCUT2D eigenvalue weighted by molar-refractivity contribution is 5.99. The molecule has 4 aromatic rings. The van der Waals surface area contributed by atoms with E-state index in [2.05, 4.69) is 15.3 Å². The number of fused-ring (bicyclic) bond motifs is 1. The molecule has 1 amide bonds. The van der Waals surface area contributed by atoms with Gasteiger partial charge in [0.25, 0.3) is 5.91 Å². The van der Waals surface area contributed by atoms with E-state index >= 15 is 0 Å². The molecular formula is C24H22FN5O2. The van der Waals surface area contributed by atoms with Crippen LogP contribution >= 0.6 is 0 Å². The van der Waals surface area contributed by atoms with E-state index in [9.17, 15) is 9.18 Å². The largest absolute Gasteiger partial charge is 0.494 e. The van der Waals surface area contributed by atoms with Gasteiger partial charge in [0, 0.05) is 44.5 Å². The quantitative estimate of drug-likeness (QED) is 0.509. The lowest BCUT2D eigenvalue weighted by Crippen LogP contribution is -2.22. The SMILES string of the molecule is CNc1nc(-c2cccnc2)nc2c(OC)cc(-c3ccc(F)c(C(=O)N(C)C)c3)cc12. The summed E-state index contributed by atoms with van der Waals surface area (Å²) in [5.74, 6) is 0.687. The van der Waals surface area contributed by atoms with Gasteiger partial charge in [-0.25, -0.2) is 14.4 Å². The third-order valence-corrected chi connectivity index (χ3v) is 5.08. The van der Waals surface area contributed by atoms with E-state index < -0.39 is 11.7 Å². The minimum Gasteiger partial charge on any atom is -0.494 e. The Labute approximate surface area is 184 Å². The van der Waals surface area contributed by atoms with Crippen LogP contribution in [0.3, 0.4) is 0 Å². The Kier molecular flexibility index (Phi) is 5.68. The topological polar surface area (TPSA) is 80.2 Å². The van der Waals surface area contributed by atoms with Gasteiger partial charge in [-0.1, -0.05) is 6.07 Å². The van der Waals surface area contributed by atoms with E-state index in [1.54, 1.807) is 52.8 Å². The predicted molar refractivity (Wildman–Crippen MR) is 122 cm³/mol. The first-order chi connectivity index (χ1) is 15.4. The smallest absolute Gasteiger partial charge is 0.256 e. The molecular weight excluding hydrogens is 409 g/mol. The number of hydrogen-bond acceptors (Lipinski definition) is 6. The van der Waals surface area contributed by atoms with Crippen molar-refractivity contribution in [1.29, 1.82) is 0 Å². The standard InChI is InChI=1S/C24H22FN5O2/c1-26-23-18-11-16(14-7-8-19(25)17(10-14)24(31)30(2)3)12-20(32-4)21(18)28-22(29-23)15-6-5-9-27-13-15/h5-13H,1-4H3,(H,26,28,29). The number of benzene rings is 2. The zero-order valence-corrected chi connectivity index (χ0v) is 18.2. The molecule has 2 aromatic heterocycles. The van der Waals surface area contributed by atoms with Gasteiger partial charge in [0.2, 0.25) is 0 Å². The molecule has 0 unspecified atom stereocenters. The van der Waals surface area contributed by atoms with Crippen molar-refractivity contribution in [2.24, 2.45) is 0 Å². The number of hydrogen-bond donors (Lipinski definition) is 1. The lowest BCUT2D eigenvalue weighted by molar-refractivity contribution is 0.0823. The number of rotatable bonds is 5. The summed E-state index contributed by atoms with van der Waals surface area (Å²) in [6, 6.07) is 11.9. The number of methoxy groups -OCH3 is 1. The lowest BCUT2D eigenvalue weighted by atomic mass is 9.99. The number of halogens is 1. The second-order valence-corrected chi connectivity index (χ2v) is 7.36. The Hall–Kier alpha value is -4.07. The minimum absolute atomic E-state index is 0.00331. The first kappa shape index (κ1) is 21.2. The molecule has 7 nitrogen and oxygen atoms in total. The number of nitrogens with zero attached hydrogens (tertiary/aromatic N) is 4. The summed E-state index contributed by atoms with van der Waals surface area (Å²) in [7, 11) is 6.52. The van der Waals surface area contributed by atoms with E-state index in [0.29, 0.717) is 28.5 Å². The Balaban J connectivity index is 1.92. The molecule has 162 valence electrons. The second-order valence-electron chi connectivity index (χ2n) is 7.36. The predicted octanol–water partition coefficient (Wildman–Crippen LogP) is 4.25. The number of pyridine rings is 1. The van der Waals surface area contributed by atoms with Crippen LogP contribution < -0.4 is 10.1 Å². The average molecular weight is 431 g/mol. The van der Waals surface area contributed by atoms with Crippen molar-refractivity contribution in [2.45, 2.75) is 0 Å². The zero-order valence-electron chi connectivity index (χ0n) is 18.2. The molecule has 0 saturated heterocycles. The third kappa shape index (κ3) is 3.82. The summed E-state index contributed by atoms with van der Waals surface area (Å²) in [5, 5.41) is 3.85. The maximum Gasteiger partial charge on any atom is 0.256 e. The molecule has 0 aliphatic rings. The summed E-state index contributed by atoms with van der Waals surface area (Å²) < 4.78 is 19.9. The zero-order chi connectivity index (χ0) is 22.8. The highest BCUT2D eigenvalue weighted by Gasteiger charge is 2.18. The van der Waals surface area contributed by atoms with Crippen LogP contribution in [0.2, 0.25) is 0 Å². The van der Waals surface area contributed by atoms with Crippen molar-refractivity contribution in [3.63, 3.8) is 0 Å². The second kappa shape index (κ2) is 8.58. The number of nitrogens with one attached hydrogen (secondary N) is 1. The molecule has 0 spiro atoms. The van der Waals surface area contributed by atoms with Crippen LogP contribution in [-0.4, -0.2) is 54.0 Å². The molecule has 8 heteroatoms. The van der Waals surface area contributed by atoms with Gasteiger partial charge in [0.15, 0.2) is 5.82 Å². The van der Waals surface area contributed by atoms with Crippen LogP contribution in [0, 0.1) is 5.82 Å². The Bertz CT molecular complexity index is 1310. The molecule has 0 radical (unpaired) electrons. The molecule has 0 atom stereocenters. The Morgan fingerprint density at radius 1 is 1.06 bits per heavy atom. The number of carbonyl (C=O) groups is 1. The first-order valence-corrected chi connectivity index (χ1v) is 9.92. The fraction of sp³-hybridized carbons (Fsp3) is 0.167. The Morgan fingerprint density at radius 2 is 1.88 bits per heavy atom. The van der Waals surface area contributed by atoms with Gasteiger partial charge in [-0.05, 0) is 47.5 Å². The normalized spacial score (nSPS) is 10.8. The van der Waals surface area contributed by atoms with Crippen molar-refractivity contribution in [2.75, 3.05) is 33.6 Å². The number of carbonyl (C=O) groups excluding carboxylic acids is 1. The van der Waals surface area contributed by atoms with Crippen LogP contribution in [0.1, 0.15) is 10.4 Å². The summed E-state index contributed by atoms with van der Waals surface area (Å²) in [5.41, 5.74) is 2.83. The number of amides is 1. The van der Waals surface area contributed by atoms with Crippen LogP contribution in [0.25, 0.3) is 33.4 Å². The average Bonchev–Trinajstić information content (AvgIpc) is 2.82. The third-order valence-electron chi connectivity index (χ3n) is 5.08. The van der Waals surface area contributed by atoms with Gasteiger partial charge in [-0.2, -0.15) is 0 Å².